The van der Waals surface area contributed by atoms with Gasteiger partial charge in [0.1, 0.15) is 5.52 Å². The first-order chi connectivity index (χ1) is 25.1. The van der Waals surface area contributed by atoms with Crippen LogP contribution in [0.15, 0.2) is 24.3 Å². The Morgan fingerprint density at radius 1 is 0.608 bits per heavy atom. The SMILES string of the molecule is CCCCCCCCCCN(CC)CCCN(CCCCCCCCCC)CCCCCC(=O)Nc1nc2ccccc2c2sc(CCC)nc12. The molecule has 3 aromatic rings. The summed E-state index contributed by atoms with van der Waals surface area (Å²) in [5.41, 5.74) is 1.75. The van der Waals surface area contributed by atoms with Crippen molar-refractivity contribution in [1.29, 1.82) is 0 Å². The zero-order valence-electron chi connectivity index (χ0n) is 33.4. The number of unbranched alkanes of at least 4 members (excludes halogenated alkanes) is 16. The van der Waals surface area contributed by atoms with Crippen molar-refractivity contribution in [3.63, 3.8) is 0 Å². The predicted octanol–water partition coefficient (Wildman–Crippen LogP) is 12.6. The second-order valence-corrected chi connectivity index (χ2v) is 16.0. The van der Waals surface area contributed by atoms with Gasteiger partial charge in [0.05, 0.1) is 15.2 Å². The molecule has 288 valence electrons. The predicted molar refractivity (Wildman–Crippen MR) is 224 cm³/mol. The van der Waals surface area contributed by atoms with Crippen LogP contribution in [0.3, 0.4) is 0 Å². The minimum atomic E-state index is 0.0519. The van der Waals surface area contributed by atoms with Crippen molar-refractivity contribution in [3.05, 3.63) is 29.3 Å². The van der Waals surface area contributed by atoms with Crippen LogP contribution in [-0.2, 0) is 11.2 Å². The lowest BCUT2D eigenvalue weighted by Crippen LogP contribution is -2.32. The van der Waals surface area contributed by atoms with Crippen LogP contribution in [0.25, 0.3) is 21.1 Å². The van der Waals surface area contributed by atoms with Crippen LogP contribution in [-0.4, -0.2) is 64.9 Å². The first-order valence-corrected chi connectivity index (χ1v) is 22.3. The number of fused-ring (bicyclic) bond motifs is 3. The molecule has 0 unspecified atom stereocenters. The standard InChI is InChI=1S/C44H75N5OS/c1-5-9-11-13-15-17-19-25-33-48(8-4)36-28-37-49(34-26-20-18-16-14-12-10-6-2)35-27-21-22-32-40(50)46-44-42-43(51-41(47-42)29-7-3)38-30-23-24-31-39(38)45-44/h23-24,30-31H,5-22,25-29,32-37H2,1-4H3,(H,45,46,50). The van der Waals surface area contributed by atoms with Crippen LogP contribution in [0, 0.1) is 0 Å². The van der Waals surface area contributed by atoms with Crippen LogP contribution >= 0.6 is 11.3 Å². The number of hydrogen-bond donors (Lipinski definition) is 1. The Hall–Kier alpha value is -2.09. The average molecular weight is 722 g/mol. The second kappa shape index (κ2) is 27.5. The quantitative estimate of drug-likeness (QED) is 0.0650. The fraction of sp³-hybridized carbons (Fsp3) is 0.750. The molecule has 51 heavy (non-hydrogen) atoms. The topological polar surface area (TPSA) is 61.4 Å². The molecule has 0 spiro atoms. The molecule has 0 aliphatic heterocycles. The molecule has 1 amide bonds. The minimum Gasteiger partial charge on any atom is -0.309 e. The third-order valence-electron chi connectivity index (χ3n) is 10.4. The van der Waals surface area contributed by atoms with Crippen molar-refractivity contribution in [2.45, 2.75) is 175 Å². The van der Waals surface area contributed by atoms with E-state index in [1.807, 2.05) is 12.1 Å². The van der Waals surface area contributed by atoms with Gasteiger partial charge in [0.15, 0.2) is 5.82 Å². The van der Waals surface area contributed by atoms with Crippen LogP contribution in [0.5, 0.6) is 0 Å². The molecule has 0 radical (unpaired) electrons. The smallest absolute Gasteiger partial charge is 0.225 e. The first kappa shape index (κ1) is 43.3. The van der Waals surface area contributed by atoms with E-state index in [1.165, 1.54) is 142 Å². The summed E-state index contributed by atoms with van der Waals surface area (Å²) in [5.74, 6) is 0.670. The van der Waals surface area contributed by atoms with E-state index in [1.54, 1.807) is 11.3 Å². The summed E-state index contributed by atoms with van der Waals surface area (Å²) in [4.78, 5) is 28.2. The zero-order chi connectivity index (χ0) is 36.4. The Labute approximate surface area is 317 Å². The van der Waals surface area contributed by atoms with E-state index < -0.39 is 0 Å². The second-order valence-electron chi connectivity index (χ2n) is 15.0. The average Bonchev–Trinajstić information content (AvgIpc) is 3.57. The minimum absolute atomic E-state index is 0.0519. The molecule has 6 nitrogen and oxygen atoms in total. The summed E-state index contributed by atoms with van der Waals surface area (Å²) in [7, 11) is 0. The van der Waals surface area contributed by atoms with Crippen LogP contribution in [0.1, 0.15) is 174 Å². The molecule has 0 fully saturated rings. The number of thiazole rings is 1. The van der Waals surface area contributed by atoms with Gasteiger partial charge in [0.25, 0.3) is 0 Å². The fourth-order valence-electron chi connectivity index (χ4n) is 7.26. The van der Waals surface area contributed by atoms with Crippen molar-refractivity contribution in [2.24, 2.45) is 0 Å². The maximum absolute atomic E-state index is 13.1. The molecular formula is C44H75N5OS. The number of pyridine rings is 1. The summed E-state index contributed by atoms with van der Waals surface area (Å²) in [5, 5.41) is 5.38. The monoisotopic (exact) mass is 722 g/mol. The molecule has 2 aromatic heterocycles. The van der Waals surface area contributed by atoms with E-state index in [9.17, 15) is 4.79 Å². The van der Waals surface area contributed by atoms with Crippen molar-refractivity contribution in [3.8, 4) is 0 Å². The highest BCUT2D eigenvalue weighted by molar-refractivity contribution is 7.19. The third-order valence-corrected chi connectivity index (χ3v) is 11.6. The molecule has 0 saturated carbocycles. The number of nitrogens with one attached hydrogen (secondary N) is 1. The molecule has 2 heterocycles. The molecule has 3 rings (SSSR count). The van der Waals surface area contributed by atoms with E-state index in [0.717, 1.165) is 64.8 Å². The van der Waals surface area contributed by atoms with E-state index in [4.69, 9.17) is 9.97 Å². The summed E-state index contributed by atoms with van der Waals surface area (Å²) < 4.78 is 1.13. The largest absolute Gasteiger partial charge is 0.309 e. The number of rotatable bonds is 32. The molecule has 0 aliphatic rings. The molecule has 0 saturated heterocycles. The molecule has 1 aromatic carbocycles. The normalized spacial score (nSPS) is 11.9. The van der Waals surface area contributed by atoms with Crippen LogP contribution in [0.2, 0.25) is 0 Å². The van der Waals surface area contributed by atoms with Crippen LogP contribution in [0.4, 0.5) is 5.82 Å². The lowest BCUT2D eigenvalue weighted by Gasteiger charge is -2.25. The van der Waals surface area contributed by atoms with Crippen molar-refractivity contribution >= 4 is 44.2 Å². The van der Waals surface area contributed by atoms with Crippen molar-refractivity contribution < 1.29 is 4.79 Å². The highest BCUT2D eigenvalue weighted by atomic mass is 32.1. The van der Waals surface area contributed by atoms with Gasteiger partial charge in [-0.05, 0) is 90.3 Å². The van der Waals surface area contributed by atoms with Gasteiger partial charge in [0.2, 0.25) is 5.91 Å². The Bertz CT molecular complexity index is 1330. The van der Waals surface area contributed by atoms with Gasteiger partial charge in [-0.25, -0.2) is 9.97 Å². The van der Waals surface area contributed by atoms with Gasteiger partial charge in [-0.3, -0.25) is 4.79 Å². The summed E-state index contributed by atoms with van der Waals surface area (Å²) in [6.45, 7) is 16.3. The molecule has 1 N–H and O–H groups in total. The number of aromatic nitrogens is 2. The number of amides is 1. The Balaban J connectivity index is 1.41. The number of carbonyl (C=O) groups is 1. The van der Waals surface area contributed by atoms with E-state index in [-0.39, 0.29) is 5.91 Å². The highest BCUT2D eigenvalue weighted by Crippen LogP contribution is 2.34. The Morgan fingerprint density at radius 2 is 1.14 bits per heavy atom. The first-order valence-electron chi connectivity index (χ1n) is 21.5. The Kier molecular flexibility index (Phi) is 23.4. The lowest BCUT2D eigenvalue weighted by molar-refractivity contribution is -0.116. The number of hydrogen-bond acceptors (Lipinski definition) is 6. The van der Waals surface area contributed by atoms with Gasteiger partial charge in [-0.2, -0.15) is 0 Å². The molecular weight excluding hydrogens is 647 g/mol. The fourth-order valence-corrected chi connectivity index (χ4v) is 8.46. The summed E-state index contributed by atoms with van der Waals surface area (Å²) in [6, 6.07) is 8.20. The number of benzene rings is 1. The Morgan fingerprint density at radius 3 is 1.75 bits per heavy atom. The number of para-hydroxylation sites is 1. The number of aryl methyl sites for hydroxylation is 1. The van der Waals surface area contributed by atoms with Crippen molar-refractivity contribution in [1.82, 2.24) is 19.8 Å². The highest BCUT2D eigenvalue weighted by Gasteiger charge is 2.16. The number of carbonyl (C=O) groups excluding carboxylic acids is 1. The number of nitrogens with zero attached hydrogens (tertiary/aromatic N) is 4. The van der Waals surface area contributed by atoms with Gasteiger partial charge < -0.3 is 15.1 Å². The zero-order valence-corrected chi connectivity index (χ0v) is 34.2. The van der Waals surface area contributed by atoms with E-state index in [0.29, 0.717) is 12.2 Å². The lowest BCUT2D eigenvalue weighted by atomic mass is 10.1. The number of anilines is 1. The third kappa shape index (κ3) is 17.5. The van der Waals surface area contributed by atoms with Gasteiger partial charge in [-0.15, -0.1) is 11.3 Å². The van der Waals surface area contributed by atoms with Gasteiger partial charge in [-0.1, -0.05) is 142 Å². The van der Waals surface area contributed by atoms with E-state index >= 15 is 0 Å². The van der Waals surface area contributed by atoms with Gasteiger partial charge in [0, 0.05) is 11.8 Å². The molecule has 0 bridgehead atoms. The molecule has 0 atom stereocenters. The maximum Gasteiger partial charge on any atom is 0.225 e. The van der Waals surface area contributed by atoms with Gasteiger partial charge >= 0.3 is 0 Å². The van der Waals surface area contributed by atoms with E-state index in [2.05, 4.69) is 54.9 Å². The van der Waals surface area contributed by atoms with Crippen molar-refractivity contribution in [2.75, 3.05) is 44.6 Å². The van der Waals surface area contributed by atoms with Crippen LogP contribution < -0.4 is 5.32 Å². The summed E-state index contributed by atoms with van der Waals surface area (Å²) >= 11 is 1.74. The maximum atomic E-state index is 13.1. The summed E-state index contributed by atoms with van der Waals surface area (Å²) in [6.07, 6.45) is 29.1. The molecule has 7 heteroatoms. The molecule has 0 aliphatic carbocycles.